The van der Waals surface area contributed by atoms with Crippen molar-refractivity contribution in [1.82, 2.24) is 24.9 Å². The number of carbonyl (C=O) groups excluding carboxylic acids is 1. The van der Waals surface area contributed by atoms with Crippen LogP contribution in [0.3, 0.4) is 0 Å². The zero-order valence-corrected chi connectivity index (χ0v) is 16.8. The molecule has 1 aromatic rings. The van der Waals surface area contributed by atoms with Crippen LogP contribution in [0, 0.1) is 6.92 Å². The fraction of sp³-hybridized carbons (Fsp3) is 0.688. The molecule has 2 heterocycles. The molecule has 1 saturated heterocycles. The van der Waals surface area contributed by atoms with E-state index in [2.05, 4.69) is 27.2 Å². The number of amides is 1. The first-order chi connectivity index (χ1) is 11.2. The summed E-state index contributed by atoms with van der Waals surface area (Å²) >= 11 is 0. The number of hydrogen-bond donors (Lipinski definition) is 1. The van der Waals surface area contributed by atoms with Gasteiger partial charge in [-0.25, -0.2) is 0 Å². The molecule has 3 rings (SSSR count). The highest BCUT2D eigenvalue weighted by atomic mass is 127. The number of nitrogens with zero attached hydrogens (tertiary/aromatic N) is 5. The van der Waals surface area contributed by atoms with Crippen molar-refractivity contribution in [2.75, 3.05) is 32.7 Å². The monoisotopic (exact) mass is 446 g/mol. The first kappa shape index (κ1) is 19.0. The number of nitrogens with one attached hydrogen (secondary N) is 1. The number of halogens is 1. The van der Waals surface area contributed by atoms with Crippen LogP contribution in [0.2, 0.25) is 0 Å². The lowest BCUT2D eigenvalue weighted by Crippen LogP contribution is -2.55. The van der Waals surface area contributed by atoms with E-state index in [9.17, 15) is 4.79 Å². The second-order valence-corrected chi connectivity index (χ2v) is 6.26. The molecule has 0 unspecified atom stereocenters. The zero-order valence-electron chi connectivity index (χ0n) is 14.4. The highest BCUT2D eigenvalue weighted by Gasteiger charge is 2.36. The third-order valence-electron chi connectivity index (χ3n) is 4.23. The molecule has 1 aliphatic carbocycles. The Bertz CT molecular complexity index is 583. The molecule has 2 fully saturated rings. The molecule has 0 spiro atoms. The second-order valence-electron chi connectivity index (χ2n) is 6.26. The molecular weight excluding hydrogens is 419 g/mol. The standard InChI is InChI=1S/C16H26N6O.HI/c1-3-17-16(18-6-7-21-11-13(2)10-19-21)20-8-9-22(14-4-5-14)15(23)12-20;/h10-11,14H,3-9,12H2,1-2H3,(H,17,18);1H. The van der Waals surface area contributed by atoms with Gasteiger partial charge in [-0.3, -0.25) is 14.5 Å². The Kier molecular flexibility index (Phi) is 6.88. The van der Waals surface area contributed by atoms with E-state index >= 15 is 0 Å². The molecule has 7 nitrogen and oxygen atoms in total. The van der Waals surface area contributed by atoms with Gasteiger partial charge in [0.2, 0.25) is 5.91 Å². The fourth-order valence-electron chi connectivity index (χ4n) is 2.91. The van der Waals surface area contributed by atoms with Gasteiger partial charge < -0.3 is 15.1 Å². The molecule has 0 bridgehead atoms. The Morgan fingerprint density at radius 3 is 2.79 bits per heavy atom. The van der Waals surface area contributed by atoms with Crippen molar-refractivity contribution >= 4 is 35.8 Å². The molecular formula is C16H27IN6O. The van der Waals surface area contributed by atoms with Crippen molar-refractivity contribution in [1.29, 1.82) is 0 Å². The lowest BCUT2D eigenvalue weighted by atomic mass is 10.3. The van der Waals surface area contributed by atoms with E-state index in [1.54, 1.807) is 0 Å². The Balaban J connectivity index is 0.00000208. The van der Waals surface area contributed by atoms with Crippen LogP contribution >= 0.6 is 24.0 Å². The lowest BCUT2D eigenvalue weighted by molar-refractivity contribution is -0.135. The number of piperazine rings is 1. The van der Waals surface area contributed by atoms with Gasteiger partial charge in [0.1, 0.15) is 0 Å². The van der Waals surface area contributed by atoms with Crippen LogP contribution in [-0.4, -0.2) is 70.2 Å². The van der Waals surface area contributed by atoms with Gasteiger partial charge >= 0.3 is 0 Å². The molecule has 1 saturated carbocycles. The minimum atomic E-state index is 0. The lowest BCUT2D eigenvalue weighted by Gasteiger charge is -2.36. The molecule has 1 amide bonds. The van der Waals surface area contributed by atoms with Gasteiger partial charge in [-0.05, 0) is 32.3 Å². The van der Waals surface area contributed by atoms with E-state index in [1.807, 2.05) is 28.9 Å². The molecule has 8 heteroatoms. The maximum Gasteiger partial charge on any atom is 0.242 e. The normalized spacial score (nSPS) is 18.6. The summed E-state index contributed by atoms with van der Waals surface area (Å²) in [5, 5.41) is 7.57. The quantitative estimate of drug-likeness (QED) is 0.418. The molecule has 0 atom stereocenters. The molecule has 0 aromatic carbocycles. The van der Waals surface area contributed by atoms with Crippen molar-refractivity contribution in [3.05, 3.63) is 18.0 Å². The van der Waals surface area contributed by atoms with E-state index in [4.69, 9.17) is 0 Å². The average Bonchev–Trinajstić information content (AvgIpc) is 3.29. The maximum absolute atomic E-state index is 12.3. The zero-order chi connectivity index (χ0) is 16.2. The van der Waals surface area contributed by atoms with Gasteiger partial charge in [0, 0.05) is 31.9 Å². The van der Waals surface area contributed by atoms with Crippen LogP contribution in [0.25, 0.3) is 0 Å². The van der Waals surface area contributed by atoms with Crippen LogP contribution in [-0.2, 0) is 11.3 Å². The summed E-state index contributed by atoms with van der Waals surface area (Å²) in [7, 11) is 0. The summed E-state index contributed by atoms with van der Waals surface area (Å²) in [5.74, 6) is 1.06. The molecule has 1 aromatic heterocycles. The number of carbonyl (C=O) groups is 1. The highest BCUT2D eigenvalue weighted by molar-refractivity contribution is 14.0. The molecule has 24 heavy (non-hydrogen) atoms. The number of aryl methyl sites for hydroxylation is 1. The van der Waals surface area contributed by atoms with E-state index < -0.39 is 0 Å². The summed E-state index contributed by atoms with van der Waals surface area (Å²) in [5.41, 5.74) is 1.16. The van der Waals surface area contributed by atoms with Gasteiger partial charge in [-0.15, -0.1) is 24.0 Å². The largest absolute Gasteiger partial charge is 0.357 e. The van der Waals surface area contributed by atoms with E-state index in [-0.39, 0.29) is 29.9 Å². The Hall–Kier alpha value is -1.32. The third-order valence-corrected chi connectivity index (χ3v) is 4.23. The molecule has 134 valence electrons. The average molecular weight is 446 g/mol. The van der Waals surface area contributed by atoms with Crippen molar-refractivity contribution < 1.29 is 4.79 Å². The van der Waals surface area contributed by atoms with Gasteiger partial charge in [-0.1, -0.05) is 0 Å². The molecule has 1 aliphatic heterocycles. The predicted octanol–water partition coefficient (Wildman–Crippen LogP) is 1.08. The van der Waals surface area contributed by atoms with E-state index in [1.165, 1.54) is 12.8 Å². The van der Waals surface area contributed by atoms with Crippen LogP contribution in [0.4, 0.5) is 0 Å². The summed E-state index contributed by atoms with van der Waals surface area (Å²) in [6.45, 7) is 8.39. The number of aromatic nitrogens is 2. The van der Waals surface area contributed by atoms with Crippen molar-refractivity contribution in [2.24, 2.45) is 4.99 Å². The minimum absolute atomic E-state index is 0. The van der Waals surface area contributed by atoms with Crippen LogP contribution < -0.4 is 5.32 Å². The van der Waals surface area contributed by atoms with E-state index in [0.29, 0.717) is 19.1 Å². The second kappa shape index (κ2) is 8.68. The molecule has 2 aliphatic rings. The number of aliphatic imine (C=N–C) groups is 1. The Morgan fingerprint density at radius 1 is 1.42 bits per heavy atom. The molecule has 1 N–H and O–H groups in total. The maximum atomic E-state index is 12.3. The van der Waals surface area contributed by atoms with Gasteiger partial charge in [0.05, 0.1) is 25.8 Å². The van der Waals surface area contributed by atoms with Crippen LogP contribution in [0.1, 0.15) is 25.3 Å². The van der Waals surface area contributed by atoms with Gasteiger partial charge in [-0.2, -0.15) is 5.10 Å². The van der Waals surface area contributed by atoms with Crippen molar-refractivity contribution in [2.45, 2.75) is 39.3 Å². The van der Waals surface area contributed by atoms with Gasteiger partial charge in [0.25, 0.3) is 0 Å². The van der Waals surface area contributed by atoms with Crippen LogP contribution in [0.15, 0.2) is 17.4 Å². The van der Waals surface area contributed by atoms with Crippen molar-refractivity contribution in [3.8, 4) is 0 Å². The topological polar surface area (TPSA) is 65.8 Å². The number of rotatable bonds is 5. The summed E-state index contributed by atoms with van der Waals surface area (Å²) in [6, 6.07) is 0.507. The highest BCUT2D eigenvalue weighted by Crippen LogP contribution is 2.27. The minimum Gasteiger partial charge on any atom is -0.357 e. The predicted molar refractivity (Wildman–Crippen MR) is 105 cm³/mol. The Labute approximate surface area is 160 Å². The first-order valence-electron chi connectivity index (χ1n) is 8.49. The number of hydrogen-bond acceptors (Lipinski definition) is 3. The van der Waals surface area contributed by atoms with Crippen molar-refractivity contribution in [3.63, 3.8) is 0 Å². The summed E-state index contributed by atoms with van der Waals surface area (Å²) in [6.07, 6.45) is 6.21. The third kappa shape index (κ3) is 4.84. The van der Waals surface area contributed by atoms with E-state index in [0.717, 1.165) is 37.7 Å². The smallest absolute Gasteiger partial charge is 0.242 e. The SMILES string of the molecule is CCNC(=NCCn1cc(C)cn1)N1CCN(C2CC2)C(=O)C1.I. The van der Waals surface area contributed by atoms with Gasteiger partial charge in [0.15, 0.2) is 5.96 Å². The Morgan fingerprint density at radius 2 is 2.21 bits per heavy atom. The summed E-state index contributed by atoms with van der Waals surface area (Å²) in [4.78, 5) is 21.0. The number of guanidine groups is 1. The fourth-order valence-corrected chi connectivity index (χ4v) is 2.91. The first-order valence-corrected chi connectivity index (χ1v) is 8.49. The molecule has 0 radical (unpaired) electrons. The van der Waals surface area contributed by atoms with Crippen LogP contribution in [0.5, 0.6) is 0 Å². The summed E-state index contributed by atoms with van der Waals surface area (Å²) < 4.78 is 1.90.